The van der Waals surface area contributed by atoms with Gasteiger partial charge in [-0.3, -0.25) is 9.59 Å². The number of rotatable bonds is 11. The summed E-state index contributed by atoms with van der Waals surface area (Å²) in [5, 5.41) is 5.76. The van der Waals surface area contributed by atoms with E-state index in [9.17, 15) is 14.4 Å². The van der Waals surface area contributed by atoms with Crippen LogP contribution in [0.3, 0.4) is 0 Å². The van der Waals surface area contributed by atoms with Gasteiger partial charge in [0.15, 0.2) is 0 Å². The molecule has 35 heavy (non-hydrogen) atoms. The highest BCUT2D eigenvalue weighted by atomic mass is 16.5. The average molecular weight is 474 g/mol. The molecule has 0 aliphatic rings. The molecule has 3 rings (SSSR count). The first-order valence-electron chi connectivity index (χ1n) is 11.7. The van der Waals surface area contributed by atoms with Gasteiger partial charge in [-0.15, -0.1) is 0 Å². The SMILES string of the molecule is CCOC(=O)CC(C(=O)NCc1ccccc1)N(Cc1ccccc1)C(=O)NCc1ccccc1. The predicted molar refractivity (Wildman–Crippen MR) is 134 cm³/mol. The summed E-state index contributed by atoms with van der Waals surface area (Å²) in [5.41, 5.74) is 2.68. The molecule has 0 aromatic heterocycles. The minimum Gasteiger partial charge on any atom is -0.466 e. The van der Waals surface area contributed by atoms with Gasteiger partial charge in [0.1, 0.15) is 6.04 Å². The lowest BCUT2D eigenvalue weighted by Crippen LogP contribution is -2.53. The fraction of sp³-hybridized carbons (Fsp3) is 0.250. The minimum atomic E-state index is -1.05. The number of hydrogen-bond donors (Lipinski definition) is 2. The zero-order valence-corrected chi connectivity index (χ0v) is 19.9. The number of ether oxygens (including phenoxy) is 1. The number of hydrogen-bond acceptors (Lipinski definition) is 4. The minimum absolute atomic E-state index is 0.157. The van der Waals surface area contributed by atoms with Gasteiger partial charge in [-0.1, -0.05) is 91.0 Å². The van der Waals surface area contributed by atoms with Crippen molar-refractivity contribution in [1.29, 1.82) is 0 Å². The van der Waals surface area contributed by atoms with Crippen LogP contribution in [0.4, 0.5) is 4.79 Å². The molecule has 0 aliphatic carbocycles. The molecule has 1 unspecified atom stereocenters. The third-order valence-electron chi connectivity index (χ3n) is 5.40. The second kappa shape index (κ2) is 13.5. The van der Waals surface area contributed by atoms with Crippen LogP contribution in [0.15, 0.2) is 91.0 Å². The molecule has 0 saturated heterocycles. The molecule has 1 atom stereocenters. The third-order valence-corrected chi connectivity index (χ3v) is 5.40. The Labute approximate surface area is 206 Å². The van der Waals surface area contributed by atoms with E-state index in [0.717, 1.165) is 16.7 Å². The predicted octanol–water partition coefficient (Wildman–Crippen LogP) is 4.04. The maximum absolute atomic E-state index is 13.4. The normalized spacial score (nSPS) is 11.2. The molecule has 7 nitrogen and oxygen atoms in total. The van der Waals surface area contributed by atoms with Crippen LogP contribution in [-0.2, 0) is 34.0 Å². The van der Waals surface area contributed by atoms with E-state index in [1.54, 1.807) is 6.92 Å². The summed E-state index contributed by atoms with van der Waals surface area (Å²) >= 11 is 0. The zero-order chi connectivity index (χ0) is 24.9. The van der Waals surface area contributed by atoms with E-state index in [1.807, 2.05) is 91.0 Å². The van der Waals surface area contributed by atoms with Crippen LogP contribution < -0.4 is 10.6 Å². The van der Waals surface area contributed by atoms with Gasteiger partial charge in [-0.2, -0.15) is 0 Å². The van der Waals surface area contributed by atoms with Gasteiger partial charge in [-0.05, 0) is 23.6 Å². The fourth-order valence-corrected chi connectivity index (χ4v) is 3.60. The van der Waals surface area contributed by atoms with Crippen molar-refractivity contribution in [2.24, 2.45) is 0 Å². The summed E-state index contributed by atoms with van der Waals surface area (Å²) in [4.78, 5) is 40.5. The molecule has 3 amide bonds. The molecule has 3 aromatic rings. The van der Waals surface area contributed by atoms with Gasteiger partial charge >= 0.3 is 12.0 Å². The smallest absolute Gasteiger partial charge is 0.318 e. The molecule has 0 spiro atoms. The van der Waals surface area contributed by atoms with Crippen LogP contribution in [0.2, 0.25) is 0 Å². The van der Waals surface area contributed by atoms with Crippen molar-refractivity contribution in [3.63, 3.8) is 0 Å². The van der Waals surface area contributed by atoms with E-state index in [2.05, 4.69) is 10.6 Å². The van der Waals surface area contributed by atoms with Crippen LogP contribution in [0.5, 0.6) is 0 Å². The van der Waals surface area contributed by atoms with Crippen LogP contribution in [0.1, 0.15) is 30.0 Å². The first kappa shape index (κ1) is 25.5. The summed E-state index contributed by atoms with van der Waals surface area (Å²) in [6.07, 6.45) is -0.250. The van der Waals surface area contributed by atoms with Crippen LogP contribution in [-0.4, -0.2) is 35.5 Å². The quantitative estimate of drug-likeness (QED) is 0.412. The van der Waals surface area contributed by atoms with Crippen molar-refractivity contribution in [2.45, 2.75) is 39.0 Å². The number of benzene rings is 3. The van der Waals surface area contributed by atoms with Crippen molar-refractivity contribution in [3.05, 3.63) is 108 Å². The van der Waals surface area contributed by atoms with Crippen LogP contribution >= 0.6 is 0 Å². The average Bonchev–Trinajstić information content (AvgIpc) is 2.90. The Morgan fingerprint density at radius 3 is 1.74 bits per heavy atom. The maximum Gasteiger partial charge on any atom is 0.318 e. The molecular formula is C28H31N3O4. The number of amides is 3. The summed E-state index contributed by atoms with van der Waals surface area (Å²) in [5.74, 6) is -0.964. The van der Waals surface area contributed by atoms with Gasteiger partial charge in [0.2, 0.25) is 5.91 Å². The molecule has 0 saturated carbocycles. The number of urea groups is 1. The van der Waals surface area contributed by atoms with Crippen molar-refractivity contribution in [2.75, 3.05) is 6.61 Å². The molecule has 3 aromatic carbocycles. The monoisotopic (exact) mass is 473 g/mol. The molecule has 0 fully saturated rings. The first-order chi connectivity index (χ1) is 17.1. The van der Waals surface area contributed by atoms with Crippen LogP contribution in [0.25, 0.3) is 0 Å². The van der Waals surface area contributed by atoms with Crippen molar-refractivity contribution in [1.82, 2.24) is 15.5 Å². The summed E-state index contributed by atoms with van der Waals surface area (Å²) in [6, 6.07) is 26.8. The van der Waals surface area contributed by atoms with Gasteiger partial charge in [0, 0.05) is 19.6 Å². The van der Waals surface area contributed by atoms with E-state index in [0.29, 0.717) is 6.54 Å². The van der Waals surface area contributed by atoms with E-state index in [4.69, 9.17) is 4.74 Å². The lowest BCUT2D eigenvalue weighted by Gasteiger charge is -2.31. The van der Waals surface area contributed by atoms with E-state index in [1.165, 1.54) is 4.90 Å². The van der Waals surface area contributed by atoms with Crippen molar-refractivity contribution in [3.8, 4) is 0 Å². The summed E-state index contributed by atoms with van der Waals surface area (Å²) in [6.45, 7) is 2.63. The van der Waals surface area contributed by atoms with E-state index >= 15 is 0 Å². The topological polar surface area (TPSA) is 87.7 Å². The van der Waals surface area contributed by atoms with Gasteiger partial charge in [-0.25, -0.2) is 4.79 Å². The van der Waals surface area contributed by atoms with E-state index < -0.39 is 23.9 Å². The molecule has 2 N–H and O–H groups in total. The molecule has 7 heteroatoms. The highest BCUT2D eigenvalue weighted by molar-refractivity contribution is 5.90. The number of carbonyl (C=O) groups is 3. The standard InChI is InChI=1S/C28H31N3O4/c1-2-35-26(32)18-25(27(33)29-19-22-12-6-3-7-13-22)31(21-24-16-10-5-11-17-24)28(34)30-20-23-14-8-4-9-15-23/h3-17,25H,2,18-21H2,1H3,(H,29,33)(H,30,34). The third kappa shape index (κ3) is 8.30. The Bertz CT molecular complexity index is 1080. The second-order valence-electron chi connectivity index (χ2n) is 7.99. The number of nitrogens with zero attached hydrogens (tertiary/aromatic N) is 1. The number of nitrogens with one attached hydrogen (secondary N) is 2. The molecule has 0 heterocycles. The first-order valence-corrected chi connectivity index (χ1v) is 11.7. The highest BCUT2D eigenvalue weighted by Gasteiger charge is 2.32. The fourth-order valence-electron chi connectivity index (χ4n) is 3.60. The van der Waals surface area contributed by atoms with Gasteiger partial charge in [0.25, 0.3) is 0 Å². The van der Waals surface area contributed by atoms with Crippen molar-refractivity contribution >= 4 is 17.9 Å². The molecule has 182 valence electrons. The van der Waals surface area contributed by atoms with Crippen molar-refractivity contribution < 1.29 is 19.1 Å². The second-order valence-corrected chi connectivity index (χ2v) is 7.99. The van der Waals surface area contributed by atoms with Gasteiger partial charge < -0.3 is 20.3 Å². The lowest BCUT2D eigenvalue weighted by molar-refractivity contribution is -0.146. The molecule has 0 bridgehead atoms. The largest absolute Gasteiger partial charge is 0.466 e. The van der Waals surface area contributed by atoms with Gasteiger partial charge in [0.05, 0.1) is 13.0 Å². The maximum atomic E-state index is 13.4. The van der Waals surface area contributed by atoms with Crippen LogP contribution in [0, 0.1) is 0 Å². The zero-order valence-electron chi connectivity index (χ0n) is 19.9. The Morgan fingerprint density at radius 2 is 1.23 bits per heavy atom. The number of carbonyl (C=O) groups excluding carboxylic acids is 3. The molecular weight excluding hydrogens is 442 g/mol. The summed E-state index contributed by atoms with van der Waals surface area (Å²) in [7, 11) is 0. The Balaban J connectivity index is 1.82. The Morgan fingerprint density at radius 1 is 0.743 bits per heavy atom. The Hall–Kier alpha value is -4.13. The lowest BCUT2D eigenvalue weighted by atomic mass is 10.1. The summed E-state index contributed by atoms with van der Waals surface area (Å²) < 4.78 is 5.12. The number of esters is 1. The molecule has 0 radical (unpaired) electrons. The van der Waals surface area contributed by atoms with E-state index in [-0.39, 0.29) is 26.1 Å². The molecule has 0 aliphatic heterocycles. The highest BCUT2D eigenvalue weighted by Crippen LogP contribution is 2.14. The Kier molecular flexibility index (Phi) is 9.87.